The molecule has 2 unspecified atom stereocenters. The van der Waals surface area contributed by atoms with Crippen molar-refractivity contribution < 1.29 is 30.0 Å². The maximum atomic E-state index is 11.3. The molecule has 0 aliphatic rings. The van der Waals surface area contributed by atoms with Crippen LogP contribution in [-0.4, -0.2) is 49.9 Å². The van der Waals surface area contributed by atoms with E-state index in [0.717, 1.165) is 25.2 Å². The first-order valence-electron chi connectivity index (χ1n) is 6.17. The average molecular weight is 545 g/mol. The molecule has 3 N–H and O–H groups in total. The number of rotatable bonds is 4. The number of nitrogens with one attached hydrogen (secondary N) is 1. The topological polar surface area (TPSA) is 158 Å². The average Bonchev–Trinajstić information content (AvgIpc) is 2.19. The van der Waals surface area contributed by atoms with Gasteiger partial charge in [0, 0.05) is 16.6 Å². The molecule has 0 radical (unpaired) electrons. The van der Waals surface area contributed by atoms with Gasteiger partial charge in [0.05, 0.1) is 18.8 Å². The Hall–Kier alpha value is 0.300. The van der Waals surface area contributed by atoms with Crippen LogP contribution < -0.4 is 9.86 Å². The van der Waals surface area contributed by atoms with Crippen LogP contribution in [-0.2, 0) is 33.9 Å². The third kappa shape index (κ3) is 43.2. The van der Waals surface area contributed by atoms with Gasteiger partial charge in [-0.1, -0.05) is 27.2 Å². The van der Waals surface area contributed by atoms with Crippen molar-refractivity contribution >= 4 is 69.7 Å². The maximum absolute atomic E-state index is 11.3. The number of halogens is 2. The summed E-state index contributed by atoms with van der Waals surface area (Å²) in [6.07, 6.45) is 3.70. The van der Waals surface area contributed by atoms with E-state index in [2.05, 4.69) is 15.8 Å². The molecule has 9 nitrogen and oxygen atoms in total. The van der Waals surface area contributed by atoms with Crippen LogP contribution in [0.3, 0.4) is 0 Å². The summed E-state index contributed by atoms with van der Waals surface area (Å²) >= 11 is 0. The van der Waals surface area contributed by atoms with Gasteiger partial charge in [0.1, 0.15) is 0 Å². The zero-order valence-corrected chi connectivity index (χ0v) is 19.8. The number of hydrogen-bond acceptors (Lipinski definition) is 7. The van der Waals surface area contributed by atoms with Gasteiger partial charge >= 0.3 is 0 Å². The van der Waals surface area contributed by atoms with Crippen molar-refractivity contribution in [2.75, 3.05) is 18.8 Å². The van der Waals surface area contributed by atoms with Crippen LogP contribution in [0.2, 0.25) is 0 Å². The van der Waals surface area contributed by atoms with Crippen molar-refractivity contribution in [3.8, 4) is 0 Å². The molecule has 0 saturated heterocycles. The van der Waals surface area contributed by atoms with E-state index in [-0.39, 0.29) is 35.8 Å². The molecule has 0 aromatic rings. The molecule has 0 bridgehead atoms. The van der Waals surface area contributed by atoms with Gasteiger partial charge in [-0.2, -0.15) is 0 Å². The highest BCUT2D eigenvalue weighted by molar-refractivity contribution is 14.0. The van der Waals surface area contributed by atoms with Gasteiger partial charge in [-0.05, 0) is 5.92 Å². The first-order chi connectivity index (χ1) is 9.78. The normalized spacial score (nSPS) is 13.7. The Bertz CT molecular complexity index is 617. The predicted octanol–water partition coefficient (Wildman–Crippen LogP) is 0.452. The summed E-state index contributed by atoms with van der Waals surface area (Å²) in [6, 6.07) is 0. The second-order valence-electron chi connectivity index (χ2n) is 4.92. The smallest absolute Gasteiger partial charge is 0.236 e. The van der Waals surface area contributed by atoms with E-state index in [0.29, 0.717) is 0 Å². The Morgan fingerprint density at radius 1 is 1.04 bits per heavy atom. The lowest BCUT2D eigenvalue weighted by atomic mass is 9.93. The van der Waals surface area contributed by atoms with Crippen LogP contribution in [0.25, 0.3) is 0 Å². The highest BCUT2D eigenvalue weighted by atomic mass is 127. The number of hydrogen-bond donors (Lipinski definition) is 2. The van der Waals surface area contributed by atoms with Crippen LogP contribution in [0.15, 0.2) is 0 Å². The molecular weight excluding hydrogens is 519 g/mol. The van der Waals surface area contributed by atoms with Crippen LogP contribution in [0, 0.1) is 11.8 Å². The van der Waals surface area contributed by atoms with E-state index < -0.39 is 35.0 Å². The van der Waals surface area contributed by atoms with Crippen LogP contribution in [0.1, 0.15) is 27.2 Å². The summed E-state index contributed by atoms with van der Waals surface area (Å²) in [5, 5.41) is 4.33. The first-order valence-corrected chi connectivity index (χ1v) is 12.7. The lowest BCUT2D eigenvalue weighted by Crippen LogP contribution is -2.36. The molecule has 0 aromatic heterocycles. The molecule has 24 heavy (non-hydrogen) atoms. The zero-order chi connectivity index (χ0) is 19.6. The second-order valence-corrected chi connectivity index (χ2v) is 11.4. The molecule has 2 atom stereocenters. The van der Waals surface area contributed by atoms with Crippen molar-refractivity contribution in [1.82, 2.24) is 4.72 Å². The molecule has 150 valence electrons. The minimum absolute atomic E-state index is 0. The van der Waals surface area contributed by atoms with Crippen LogP contribution >= 0.6 is 34.7 Å². The van der Waals surface area contributed by atoms with Crippen LogP contribution in [0.5, 0.6) is 0 Å². The molecule has 0 fully saturated rings. The van der Waals surface area contributed by atoms with Gasteiger partial charge in [-0.25, -0.2) is 30.4 Å². The minimum Gasteiger partial charge on any atom is -0.274 e. The summed E-state index contributed by atoms with van der Waals surface area (Å²) in [7, 11) is -5.27. The fraction of sp³-hybridized carbons (Fsp3) is 0.900. The second kappa shape index (κ2) is 13.5. The van der Waals surface area contributed by atoms with Crippen LogP contribution in [0.4, 0.5) is 0 Å². The van der Waals surface area contributed by atoms with Gasteiger partial charge in [0.25, 0.3) is 0 Å². The van der Waals surface area contributed by atoms with Gasteiger partial charge in [0.2, 0.25) is 35.0 Å². The van der Waals surface area contributed by atoms with Gasteiger partial charge in [-0.3, -0.25) is 9.52 Å². The predicted molar refractivity (Wildman–Crippen MR) is 107 cm³/mol. The monoisotopic (exact) mass is 544 g/mol. The fourth-order valence-electron chi connectivity index (χ4n) is 0.888. The molecule has 0 aromatic carbocycles. The number of amides is 1. The number of carbonyl (C=O) groups is 1. The summed E-state index contributed by atoms with van der Waals surface area (Å²) in [5.41, 5.74) is 0. The fourth-order valence-corrected chi connectivity index (χ4v) is 1.44. The van der Waals surface area contributed by atoms with Gasteiger partial charge in [0.15, 0.2) is 0 Å². The highest BCUT2D eigenvalue weighted by Crippen LogP contribution is 2.14. The largest absolute Gasteiger partial charge is 0.274 e. The Labute approximate surface area is 166 Å². The van der Waals surface area contributed by atoms with Crippen molar-refractivity contribution in [3.05, 3.63) is 0 Å². The van der Waals surface area contributed by atoms with Crippen molar-refractivity contribution in [1.29, 1.82) is 0 Å². The van der Waals surface area contributed by atoms with E-state index in [4.69, 9.17) is 0 Å². The Balaban J connectivity index is -0.000000151. The summed E-state index contributed by atoms with van der Waals surface area (Å²) < 4.78 is 61.0. The number of sulfonamides is 2. The first kappa shape index (κ1) is 32.0. The SMILES string of the molecule is CCC(C)C(C)C(=O)NS(C)(=O)=O.CS(=O)(=O)Cl.CS(N)(=O)=O.I. The van der Waals surface area contributed by atoms with E-state index in [1.165, 1.54) is 0 Å². The minimum atomic E-state index is -3.41. The molecule has 0 spiro atoms. The summed E-state index contributed by atoms with van der Waals surface area (Å²) in [4.78, 5) is 11.3. The Kier molecular flexibility index (Phi) is 18.0. The lowest BCUT2D eigenvalue weighted by Gasteiger charge is -2.16. The number of carbonyl (C=O) groups excluding carboxylic acids is 1. The Morgan fingerprint density at radius 3 is 1.46 bits per heavy atom. The summed E-state index contributed by atoms with van der Waals surface area (Å²) in [5.74, 6) is -0.488. The molecule has 1 amide bonds. The molecule has 0 saturated carbocycles. The standard InChI is InChI=1S/C8H17NO3S.CH3ClO2S.CH5NO2S.HI/c1-5-6(2)7(3)8(10)9-13(4,11)12;2*1-5(2,3)4;/h6-7H,5H2,1-4H3,(H,9,10);1H3;1H3,(H2,2,3,4);1H. The van der Waals surface area contributed by atoms with Crippen molar-refractivity contribution in [3.63, 3.8) is 0 Å². The molecule has 0 rings (SSSR count). The number of nitrogens with two attached hydrogens (primary N) is 1. The molecule has 0 aliphatic carbocycles. The van der Waals surface area contributed by atoms with Gasteiger partial charge in [-0.15, -0.1) is 24.0 Å². The summed E-state index contributed by atoms with van der Waals surface area (Å²) in [6.45, 7) is 5.62. The van der Waals surface area contributed by atoms with Gasteiger partial charge < -0.3 is 0 Å². The molecular formula is C10H26ClIN2O7S3. The Morgan fingerprint density at radius 2 is 1.29 bits per heavy atom. The third-order valence-electron chi connectivity index (χ3n) is 2.20. The van der Waals surface area contributed by atoms with E-state index in [9.17, 15) is 30.0 Å². The van der Waals surface area contributed by atoms with E-state index in [1.54, 1.807) is 6.92 Å². The number of primary sulfonamides is 1. The zero-order valence-electron chi connectivity index (χ0n) is 14.3. The highest BCUT2D eigenvalue weighted by Gasteiger charge is 2.20. The third-order valence-corrected chi connectivity index (χ3v) is 2.77. The molecule has 0 aliphatic heterocycles. The van der Waals surface area contributed by atoms with E-state index in [1.807, 2.05) is 18.6 Å². The van der Waals surface area contributed by atoms with Crippen molar-refractivity contribution in [2.24, 2.45) is 17.0 Å². The molecule has 14 heteroatoms. The maximum Gasteiger partial charge on any atom is 0.236 e. The van der Waals surface area contributed by atoms with Crippen molar-refractivity contribution in [2.45, 2.75) is 27.2 Å². The molecule has 0 heterocycles. The van der Waals surface area contributed by atoms with E-state index >= 15 is 0 Å². The quantitative estimate of drug-likeness (QED) is 0.384. The lowest BCUT2D eigenvalue weighted by molar-refractivity contribution is -0.124.